The molecule has 0 atom stereocenters. The Labute approximate surface area is 165 Å². The van der Waals surface area contributed by atoms with Crippen LogP contribution in [0.3, 0.4) is 0 Å². The Kier molecular flexibility index (Phi) is 7.64. The highest BCUT2D eigenvalue weighted by Gasteiger charge is 2.28. The minimum atomic E-state index is -4.42. The van der Waals surface area contributed by atoms with Crippen LogP contribution >= 0.6 is 0 Å². The zero-order valence-corrected chi connectivity index (χ0v) is 15.4. The minimum absolute atomic E-state index is 0.0624. The summed E-state index contributed by atoms with van der Waals surface area (Å²) in [4.78, 5) is 23.8. The second-order valence-corrected chi connectivity index (χ2v) is 5.93. The molecule has 0 aliphatic heterocycles. The average Bonchev–Trinajstić information content (AvgIpc) is 2.69. The Balaban J connectivity index is 1.84. The minimum Gasteiger partial charge on any atom is -0.484 e. The highest BCUT2D eigenvalue weighted by Crippen LogP contribution is 2.19. The zero-order chi connectivity index (χ0) is 21.3. The van der Waals surface area contributed by atoms with E-state index in [4.69, 9.17) is 0 Å². The number of carbonyl (C=O) groups excluding carboxylic acids is 2. The van der Waals surface area contributed by atoms with E-state index in [1.165, 1.54) is 18.2 Å². The summed E-state index contributed by atoms with van der Waals surface area (Å²) in [6.45, 7) is 2.58. The SMILES string of the molecule is C=CCNC(=O)c1ccc(NC(=O)NCc2cccc(OCC(F)(F)F)c2)cc1. The molecule has 0 radical (unpaired) electrons. The fourth-order valence-corrected chi connectivity index (χ4v) is 2.24. The first-order valence-electron chi connectivity index (χ1n) is 8.59. The third-order valence-electron chi connectivity index (χ3n) is 3.57. The highest BCUT2D eigenvalue weighted by molar-refractivity contribution is 5.95. The summed E-state index contributed by atoms with van der Waals surface area (Å²) in [5.74, 6) is -0.194. The van der Waals surface area contributed by atoms with Crippen molar-refractivity contribution in [1.29, 1.82) is 0 Å². The Morgan fingerprint density at radius 3 is 2.45 bits per heavy atom. The van der Waals surface area contributed by atoms with Gasteiger partial charge in [-0.3, -0.25) is 4.79 Å². The molecule has 0 saturated heterocycles. The maximum Gasteiger partial charge on any atom is 0.422 e. The summed E-state index contributed by atoms with van der Waals surface area (Å²) in [5, 5.41) is 7.84. The maximum atomic E-state index is 12.2. The Morgan fingerprint density at radius 2 is 1.79 bits per heavy atom. The largest absolute Gasteiger partial charge is 0.484 e. The number of carbonyl (C=O) groups is 2. The number of amides is 3. The molecule has 0 saturated carbocycles. The number of urea groups is 1. The molecule has 0 spiro atoms. The highest BCUT2D eigenvalue weighted by atomic mass is 19.4. The van der Waals surface area contributed by atoms with E-state index in [-0.39, 0.29) is 18.2 Å². The number of ether oxygens (including phenoxy) is 1. The number of nitrogens with one attached hydrogen (secondary N) is 3. The molecular formula is C20H20F3N3O3. The molecule has 3 N–H and O–H groups in total. The smallest absolute Gasteiger partial charge is 0.422 e. The first-order valence-corrected chi connectivity index (χ1v) is 8.59. The van der Waals surface area contributed by atoms with Gasteiger partial charge in [0, 0.05) is 24.3 Å². The molecule has 0 heterocycles. The van der Waals surface area contributed by atoms with Crippen LogP contribution in [0.5, 0.6) is 5.75 Å². The van der Waals surface area contributed by atoms with Gasteiger partial charge in [-0.15, -0.1) is 6.58 Å². The molecule has 0 aromatic heterocycles. The van der Waals surface area contributed by atoms with E-state index in [1.807, 2.05) is 0 Å². The van der Waals surface area contributed by atoms with Gasteiger partial charge in [0.2, 0.25) is 0 Å². The summed E-state index contributed by atoms with van der Waals surface area (Å²) in [6, 6.07) is 11.8. The van der Waals surface area contributed by atoms with E-state index in [1.54, 1.807) is 36.4 Å². The van der Waals surface area contributed by atoms with Crippen molar-refractivity contribution in [2.45, 2.75) is 12.7 Å². The van der Waals surface area contributed by atoms with Crippen LogP contribution in [-0.2, 0) is 6.54 Å². The normalized spacial score (nSPS) is 10.7. The van der Waals surface area contributed by atoms with Crippen molar-refractivity contribution in [3.8, 4) is 5.75 Å². The van der Waals surface area contributed by atoms with Crippen molar-refractivity contribution in [1.82, 2.24) is 10.6 Å². The van der Waals surface area contributed by atoms with Gasteiger partial charge in [-0.05, 0) is 42.0 Å². The molecule has 0 unspecified atom stereocenters. The molecule has 29 heavy (non-hydrogen) atoms. The lowest BCUT2D eigenvalue weighted by molar-refractivity contribution is -0.153. The number of hydrogen-bond donors (Lipinski definition) is 3. The predicted molar refractivity (Wildman–Crippen MR) is 103 cm³/mol. The van der Waals surface area contributed by atoms with Crippen LogP contribution in [0.25, 0.3) is 0 Å². The van der Waals surface area contributed by atoms with E-state index >= 15 is 0 Å². The first-order chi connectivity index (χ1) is 13.8. The Bertz CT molecular complexity index is 852. The van der Waals surface area contributed by atoms with Gasteiger partial charge in [-0.1, -0.05) is 18.2 Å². The van der Waals surface area contributed by atoms with Crippen molar-refractivity contribution in [3.63, 3.8) is 0 Å². The summed E-state index contributed by atoms with van der Waals surface area (Å²) in [6.07, 6.45) is -2.85. The van der Waals surface area contributed by atoms with Crippen molar-refractivity contribution in [2.75, 3.05) is 18.5 Å². The molecule has 3 amide bonds. The van der Waals surface area contributed by atoms with Crippen LogP contribution in [0.1, 0.15) is 15.9 Å². The number of anilines is 1. The van der Waals surface area contributed by atoms with E-state index in [0.29, 0.717) is 23.4 Å². The van der Waals surface area contributed by atoms with Crippen molar-refractivity contribution in [2.24, 2.45) is 0 Å². The predicted octanol–water partition coefficient (Wildman–Crippen LogP) is 3.87. The van der Waals surface area contributed by atoms with Crippen LogP contribution < -0.4 is 20.7 Å². The summed E-state index contributed by atoms with van der Waals surface area (Å²) in [5.41, 5.74) is 1.49. The number of rotatable bonds is 8. The lowest BCUT2D eigenvalue weighted by Crippen LogP contribution is -2.28. The Hall–Kier alpha value is -3.49. The molecule has 9 heteroatoms. The van der Waals surface area contributed by atoms with Crippen LogP contribution in [0.2, 0.25) is 0 Å². The molecule has 2 rings (SSSR count). The quantitative estimate of drug-likeness (QED) is 0.582. The third-order valence-corrected chi connectivity index (χ3v) is 3.57. The lowest BCUT2D eigenvalue weighted by atomic mass is 10.2. The van der Waals surface area contributed by atoms with Gasteiger partial charge in [0.05, 0.1) is 0 Å². The maximum absolute atomic E-state index is 12.2. The summed E-state index contributed by atoms with van der Waals surface area (Å²) >= 11 is 0. The standard InChI is InChI=1S/C20H20F3N3O3/c1-2-10-24-18(27)15-6-8-16(9-7-15)26-19(28)25-12-14-4-3-5-17(11-14)29-13-20(21,22)23/h2-9,11H,1,10,12-13H2,(H,24,27)(H2,25,26,28). The Morgan fingerprint density at radius 1 is 1.07 bits per heavy atom. The second kappa shape index (κ2) is 10.2. The molecule has 0 aliphatic carbocycles. The van der Waals surface area contributed by atoms with Gasteiger partial charge in [0.25, 0.3) is 5.91 Å². The van der Waals surface area contributed by atoms with Gasteiger partial charge < -0.3 is 20.7 Å². The fraction of sp³-hybridized carbons (Fsp3) is 0.200. The van der Waals surface area contributed by atoms with E-state index in [2.05, 4.69) is 27.3 Å². The topological polar surface area (TPSA) is 79.5 Å². The van der Waals surface area contributed by atoms with E-state index in [9.17, 15) is 22.8 Å². The van der Waals surface area contributed by atoms with E-state index < -0.39 is 18.8 Å². The monoisotopic (exact) mass is 407 g/mol. The van der Waals surface area contributed by atoms with Crippen molar-refractivity contribution in [3.05, 3.63) is 72.3 Å². The van der Waals surface area contributed by atoms with Gasteiger partial charge >= 0.3 is 12.2 Å². The van der Waals surface area contributed by atoms with Crippen LogP contribution in [0.4, 0.5) is 23.7 Å². The van der Waals surface area contributed by atoms with Gasteiger partial charge in [0.1, 0.15) is 5.75 Å². The second-order valence-electron chi connectivity index (χ2n) is 5.93. The van der Waals surface area contributed by atoms with Crippen LogP contribution in [-0.4, -0.2) is 31.3 Å². The fourth-order valence-electron chi connectivity index (χ4n) is 2.24. The molecule has 0 fully saturated rings. The number of benzene rings is 2. The van der Waals surface area contributed by atoms with Crippen LogP contribution in [0, 0.1) is 0 Å². The summed E-state index contributed by atoms with van der Waals surface area (Å²) < 4.78 is 41.3. The third kappa shape index (κ3) is 7.96. The molecule has 6 nitrogen and oxygen atoms in total. The van der Waals surface area contributed by atoms with Crippen molar-refractivity contribution < 1.29 is 27.5 Å². The average molecular weight is 407 g/mol. The molecular weight excluding hydrogens is 387 g/mol. The summed E-state index contributed by atoms with van der Waals surface area (Å²) in [7, 11) is 0. The van der Waals surface area contributed by atoms with E-state index in [0.717, 1.165) is 0 Å². The number of alkyl halides is 3. The zero-order valence-electron chi connectivity index (χ0n) is 15.4. The van der Waals surface area contributed by atoms with Gasteiger partial charge in [-0.25, -0.2) is 4.79 Å². The van der Waals surface area contributed by atoms with Gasteiger partial charge in [-0.2, -0.15) is 13.2 Å². The first kappa shape index (κ1) is 21.8. The van der Waals surface area contributed by atoms with Gasteiger partial charge in [0.15, 0.2) is 6.61 Å². The van der Waals surface area contributed by atoms with Crippen molar-refractivity contribution >= 4 is 17.6 Å². The lowest BCUT2D eigenvalue weighted by Gasteiger charge is -2.11. The number of halogens is 3. The molecule has 2 aromatic rings. The molecule has 0 aliphatic rings. The molecule has 0 bridgehead atoms. The number of hydrogen-bond acceptors (Lipinski definition) is 3. The molecule has 154 valence electrons. The molecule has 2 aromatic carbocycles. The van der Waals surface area contributed by atoms with Crippen LogP contribution in [0.15, 0.2) is 61.2 Å².